The molecule has 5 nitrogen and oxygen atoms in total. The smallest absolute Gasteiger partial charge is 0.244 e. The molecule has 0 spiro atoms. The Morgan fingerprint density at radius 1 is 1.16 bits per heavy atom. The van der Waals surface area contributed by atoms with E-state index in [-0.39, 0.29) is 0 Å². The molecule has 0 radical (unpaired) electrons. The van der Waals surface area contributed by atoms with Crippen LogP contribution >= 0.6 is 0 Å². The number of nitrogens with one attached hydrogen (secondary N) is 2. The van der Waals surface area contributed by atoms with Gasteiger partial charge in [-0.25, -0.2) is 0 Å². The van der Waals surface area contributed by atoms with Crippen LogP contribution in [0.15, 0.2) is 36.5 Å². The Hall–Kier alpha value is -2.17. The maximum atomic E-state index is 4.37. The van der Waals surface area contributed by atoms with Gasteiger partial charge in [0.2, 0.25) is 5.95 Å². The molecule has 0 saturated carbocycles. The Labute approximate surface area is 113 Å². The minimum atomic E-state index is 0.557. The standard InChI is InChI=1S/C14H19N5/c1-11(2)8-9-15-14-18-13(10-16-19-14)17-12-6-4-3-5-7-12/h3-7,10-11H,8-9H2,1-2H3,(H2,15,17,18,19). The summed E-state index contributed by atoms with van der Waals surface area (Å²) in [6, 6.07) is 9.88. The summed E-state index contributed by atoms with van der Waals surface area (Å²) in [5.41, 5.74) is 0.983. The number of nitrogens with zero attached hydrogens (tertiary/aromatic N) is 3. The molecule has 0 unspecified atom stereocenters. The molecule has 2 aromatic rings. The van der Waals surface area contributed by atoms with Crippen molar-refractivity contribution in [2.24, 2.45) is 5.92 Å². The first-order valence-corrected chi connectivity index (χ1v) is 6.49. The number of rotatable bonds is 6. The Balaban J connectivity index is 1.95. The molecule has 0 aliphatic heterocycles. The van der Waals surface area contributed by atoms with Crippen molar-refractivity contribution >= 4 is 17.5 Å². The summed E-state index contributed by atoms with van der Waals surface area (Å²) in [5, 5.41) is 14.3. The van der Waals surface area contributed by atoms with Gasteiger partial charge in [0.25, 0.3) is 0 Å². The number of hydrogen-bond donors (Lipinski definition) is 2. The number of para-hydroxylation sites is 1. The van der Waals surface area contributed by atoms with Gasteiger partial charge in [-0.1, -0.05) is 32.0 Å². The van der Waals surface area contributed by atoms with Gasteiger partial charge in [0.15, 0.2) is 5.82 Å². The van der Waals surface area contributed by atoms with Crippen molar-refractivity contribution in [3.63, 3.8) is 0 Å². The van der Waals surface area contributed by atoms with Gasteiger partial charge < -0.3 is 10.6 Å². The van der Waals surface area contributed by atoms with Gasteiger partial charge in [-0.15, -0.1) is 5.10 Å². The third kappa shape index (κ3) is 4.54. The van der Waals surface area contributed by atoms with E-state index >= 15 is 0 Å². The predicted octanol–water partition coefficient (Wildman–Crippen LogP) is 3.07. The van der Waals surface area contributed by atoms with Crippen molar-refractivity contribution in [3.8, 4) is 0 Å². The second kappa shape index (κ2) is 6.68. The van der Waals surface area contributed by atoms with Gasteiger partial charge in [0.1, 0.15) is 0 Å². The second-order valence-corrected chi connectivity index (χ2v) is 4.77. The molecule has 0 aliphatic rings. The molecule has 0 fully saturated rings. The molecule has 1 aromatic carbocycles. The lowest BCUT2D eigenvalue weighted by molar-refractivity contribution is 0.605. The van der Waals surface area contributed by atoms with E-state index in [1.165, 1.54) is 0 Å². The van der Waals surface area contributed by atoms with Crippen LogP contribution in [0, 0.1) is 5.92 Å². The van der Waals surface area contributed by atoms with Crippen molar-refractivity contribution < 1.29 is 0 Å². The van der Waals surface area contributed by atoms with Crippen LogP contribution in [0.3, 0.4) is 0 Å². The predicted molar refractivity (Wildman–Crippen MR) is 77.5 cm³/mol. The number of benzene rings is 1. The molecule has 0 aliphatic carbocycles. The van der Waals surface area contributed by atoms with Gasteiger partial charge in [-0.3, -0.25) is 0 Å². The average Bonchev–Trinajstić information content (AvgIpc) is 2.40. The van der Waals surface area contributed by atoms with Crippen LogP contribution in [0.25, 0.3) is 0 Å². The first-order chi connectivity index (χ1) is 9.24. The molecule has 1 aromatic heterocycles. The van der Waals surface area contributed by atoms with E-state index in [1.54, 1.807) is 6.20 Å². The quantitative estimate of drug-likeness (QED) is 0.832. The summed E-state index contributed by atoms with van der Waals surface area (Å²) < 4.78 is 0. The fourth-order valence-electron chi connectivity index (χ4n) is 1.58. The highest BCUT2D eigenvalue weighted by atomic mass is 15.3. The summed E-state index contributed by atoms with van der Waals surface area (Å²) in [4.78, 5) is 4.37. The van der Waals surface area contributed by atoms with E-state index < -0.39 is 0 Å². The fourth-order valence-corrected chi connectivity index (χ4v) is 1.58. The van der Waals surface area contributed by atoms with Crippen LogP contribution in [0.5, 0.6) is 0 Å². The first-order valence-electron chi connectivity index (χ1n) is 6.49. The second-order valence-electron chi connectivity index (χ2n) is 4.77. The summed E-state index contributed by atoms with van der Waals surface area (Å²) >= 11 is 0. The highest BCUT2D eigenvalue weighted by Gasteiger charge is 2.01. The molecular weight excluding hydrogens is 238 g/mol. The lowest BCUT2D eigenvalue weighted by atomic mass is 10.1. The highest BCUT2D eigenvalue weighted by Crippen LogP contribution is 2.13. The minimum Gasteiger partial charge on any atom is -0.353 e. The number of anilines is 3. The van der Waals surface area contributed by atoms with E-state index in [0.29, 0.717) is 17.7 Å². The Bertz CT molecular complexity index is 498. The zero-order valence-corrected chi connectivity index (χ0v) is 11.3. The first kappa shape index (κ1) is 13.3. The van der Waals surface area contributed by atoms with Crippen LogP contribution in [0.4, 0.5) is 17.5 Å². The largest absolute Gasteiger partial charge is 0.353 e. The Kier molecular flexibility index (Phi) is 4.66. The van der Waals surface area contributed by atoms with Crippen molar-refractivity contribution in [3.05, 3.63) is 36.5 Å². The Morgan fingerprint density at radius 3 is 2.68 bits per heavy atom. The summed E-state index contributed by atoms with van der Waals surface area (Å²) in [6.45, 7) is 5.23. The molecule has 100 valence electrons. The molecule has 0 amide bonds. The van der Waals surface area contributed by atoms with Crippen LogP contribution in [0.2, 0.25) is 0 Å². The van der Waals surface area contributed by atoms with Gasteiger partial charge >= 0.3 is 0 Å². The molecule has 0 saturated heterocycles. The van der Waals surface area contributed by atoms with E-state index in [1.807, 2.05) is 30.3 Å². The maximum Gasteiger partial charge on any atom is 0.244 e. The van der Waals surface area contributed by atoms with E-state index in [2.05, 4.69) is 39.7 Å². The maximum absolute atomic E-state index is 4.37. The van der Waals surface area contributed by atoms with Crippen LogP contribution in [0.1, 0.15) is 20.3 Å². The van der Waals surface area contributed by atoms with E-state index in [4.69, 9.17) is 0 Å². The molecular formula is C14H19N5. The monoisotopic (exact) mass is 257 g/mol. The SMILES string of the molecule is CC(C)CCNc1nncc(Nc2ccccc2)n1. The lowest BCUT2D eigenvalue weighted by Gasteiger charge is -2.08. The summed E-state index contributed by atoms with van der Waals surface area (Å²) in [6.07, 6.45) is 2.69. The normalized spacial score (nSPS) is 10.5. The molecule has 1 heterocycles. The zero-order valence-electron chi connectivity index (χ0n) is 11.3. The summed E-state index contributed by atoms with van der Waals surface area (Å²) in [5.74, 6) is 1.90. The molecule has 2 N–H and O–H groups in total. The Morgan fingerprint density at radius 2 is 1.95 bits per heavy atom. The van der Waals surface area contributed by atoms with Crippen LogP contribution in [-0.4, -0.2) is 21.7 Å². The molecule has 0 bridgehead atoms. The van der Waals surface area contributed by atoms with Crippen molar-refractivity contribution in [2.75, 3.05) is 17.2 Å². The van der Waals surface area contributed by atoms with Gasteiger partial charge in [0, 0.05) is 12.2 Å². The van der Waals surface area contributed by atoms with E-state index in [9.17, 15) is 0 Å². The molecule has 5 heteroatoms. The zero-order chi connectivity index (χ0) is 13.5. The molecule has 2 rings (SSSR count). The number of hydrogen-bond acceptors (Lipinski definition) is 5. The fraction of sp³-hybridized carbons (Fsp3) is 0.357. The van der Waals surface area contributed by atoms with Crippen molar-refractivity contribution in [1.29, 1.82) is 0 Å². The lowest BCUT2D eigenvalue weighted by Crippen LogP contribution is -2.09. The van der Waals surface area contributed by atoms with Gasteiger partial charge in [-0.05, 0) is 24.5 Å². The third-order valence-electron chi connectivity index (χ3n) is 2.61. The highest BCUT2D eigenvalue weighted by molar-refractivity contribution is 5.55. The van der Waals surface area contributed by atoms with Crippen LogP contribution < -0.4 is 10.6 Å². The molecule has 0 atom stereocenters. The van der Waals surface area contributed by atoms with E-state index in [0.717, 1.165) is 18.7 Å². The van der Waals surface area contributed by atoms with Gasteiger partial charge in [0.05, 0.1) is 6.20 Å². The number of aromatic nitrogens is 3. The average molecular weight is 257 g/mol. The molecule has 19 heavy (non-hydrogen) atoms. The summed E-state index contributed by atoms with van der Waals surface area (Å²) in [7, 11) is 0. The van der Waals surface area contributed by atoms with Crippen molar-refractivity contribution in [1.82, 2.24) is 15.2 Å². The van der Waals surface area contributed by atoms with Crippen LogP contribution in [-0.2, 0) is 0 Å². The topological polar surface area (TPSA) is 62.7 Å². The van der Waals surface area contributed by atoms with Crippen molar-refractivity contribution in [2.45, 2.75) is 20.3 Å². The third-order valence-corrected chi connectivity index (χ3v) is 2.61. The minimum absolute atomic E-state index is 0.557. The van der Waals surface area contributed by atoms with Gasteiger partial charge in [-0.2, -0.15) is 10.1 Å².